The minimum Gasteiger partial charge on any atom is -0.481 e. The first-order valence-corrected chi connectivity index (χ1v) is 5.23. The fourth-order valence-corrected chi connectivity index (χ4v) is 1.70. The molecule has 17 heavy (non-hydrogen) atoms. The Morgan fingerprint density at radius 2 is 1.88 bits per heavy atom. The molecule has 1 heterocycles. The third-order valence-electron chi connectivity index (χ3n) is 2.59. The van der Waals surface area contributed by atoms with E-state index in [1.807, 2.05) is 0 Å². The highest BCUT2D eigenvalue weighted by molar-refractivity contribution is 5.99. The van der Waals surface area contributed by atoms with Crippen molar-refractivity contribution in [2.75, 3.05) is 6.79 Å². The van der Waals surface area contributed by atoms with Crippen LogP contribution in [0.15, 0.2) is 12.1 Å². The van der Waals surface area contributed by atoms with Gasteiger partial charge in [0.05, 0.1) is 6.42 Å². The first-order chi connectivity index (χ1) is 8.08. The second kappa shape index (κ2) is 4.45. The molecule has 2 rings (SSSR count). The Balaban J connectivity index is 2.20. The van der Waals surface area contributed by atoms with E-state index in [-0.39, 0.29) is 25.4 Å². The molecule has 0 saturated heterocycles. The second-order valence-corrected chi connectivity index (χ2v) is 3.84. The summed E-state index contributed by atoms with van der Waals surface area (Å²) < 4.78 is 10.4. The number of hydrogen-bond donors (Lipinski definition) is 1. The Kier molecular flexibility index (Phi) is 2.99. The molecule has 0 radical (unpaired) electrons. The molecular formula is C12H12O5. The molecule has 1 aromatic carbocycles. The topological polar surface area (TPSA) is 72.8 Å². The Hall–Kier alpha value is -2.04. The minimum absolute atomic E-state index is 0.00415. The van der Waals surface area contributed by atoms with E-state index in [4.69, 9.17) is 14.6 Å². The fourth-order valence-electron chi connectivity index (χ4n) is 1.70. The number of benzene rings is 1. The van der Waals surface area contributed by atoms with Gasteiger partial charge in [-0.15, -0.1) is 0 Å². The molecule has 1 aromatic rings. The number of ketones is 1. The van der Waals surface area contributed by atoms with E-state index >= 15 is 0 Å². The summed E-state index contributed by atoms with van der Waals surface area (Å²) in [5.41, 5.74) is 1.26. The number of hydrogen-bond acceptors (Lipinski definition) is 4. The number of carboxylic acids is 1. The van der Waals surface area contributed by atoms with Crippen molar-refractivity contribution in [1.29, 1.82) is 0 Å². The molecule has 0 aromatic heterocycles. The number of aliphatic carboxylic acids is 1. The van der Waals surface area contributed by atoms with Gasteiger partial charge in [0.15, 0.2) is 17.3 Å². The van der Waals surface area contributed by atoms with Crippen molar-refractivity contribution in [3.05, 3.63) is 23.3 Å². The van der Waals surface area contributed by atoms with Crippen LogP contribution in [-0.4, -0.2) is 23.7 Å². The molecule has 5 heteroatoms. The van der Waals surface area contributed by atoms with Crippen LogP contribution in [0.3, 0.4) is 0 Å². The van der Waals surface area contributed by atoms with E-state index in [0.29, 0.717) is 17.1 Å². The van der Waals surface area contributed by atoms with Gasteiger partial charge in [-0.3, -0.25) is 9.59 Å². The lowest BCUT2D eigenvalue weighted by Crippen LogP contribution is -2.05. The van der Waals surface area contributed by atoms with Crippen molar-refractivity contribution in [3.8, 4) is 11.5 Å². The third kappa shape index (κ3) is 2.38. The highest BCUT2D eigenvalue weighted by Crippen LogP contribution is 2.34. The summed E-state index contributed by atoms with van der Waals surface area (Å²) in [7, 11) is 0. The summed E-state index contributed by atoms with van der Waals surface area (Å²) in [5, 5.41) is 8.54. The quantitative estimate of drug-likeness (QED) is 0.806. The number of aryl methyl sites for hydroxylation is 1. The highest BCUT2D eigenvalue weighted by atomic mass is 16.7. The largest absolute Gasteiger partial charge is 0.481 e. The number of carbonyl (C=O) groups is 2. The van der Waals surface area contributed by atoms with Gasteiger partial charge in [-0.2, -0.15) is 0 Å². The molecular weight excluding hydrogens is 224 g/mol. The molecule has 0 saturated carbocycles. The molecule has 0 bridgehead atoms. The van der Waals surface area contributed by atoms with Gasteiger partial charge in [-0.25, -0.2) is 0 Å². The zero-order valence-corrected chi connectivity index (χ0v) is 9.36. The van der Waals surface area contributed by atoms with Crippen molar-refractivity contribution in [2.24, 2.45) is 0 Å². The average molecular weight is 236 g/mol. The Labute approximate surface area is 98.0 Å². The van der Waals surface area contributed by atoms with Crippen LogP contribution in [0.5, 0.6) is 11.5 Å². The Bertz CT molecular complexity index is 478. The van der Waals surface area contributed by atoms with E-state index in [1.165, 1.54) is 0 Å². The zero-order valence-electron chi connectivity index (χ0n) is 9.36. The SMILES string of the molecule is Cc1cc2c(cc1C(=O)CCC(=O)O)OCO2. The minimum atomic E-state index is -0.975. The van der Waals surface area contributed by atoms with E-state index < -0.39 is 5.97 Å². The van der Waals surface area contributed by atoms with Crippen LogP contribution in [0.1, 0.15) is 28.8 Å². The molecule has 0 amide bonds. The van der Waals surface area contributed by atoms with Gasteiger partial charge >= 0.3 is 5.97 Å². The van der Waals surface area contributed by atoms with Crippen LogP contribution in [0.4, 0.5) is 0 Å². The number of Topliss-reactive ketones (excluding diaryl/α,β-unsaturated/α-hetero) is 1. The van der Waals surface area contributed by atoms with Crippen molar-refractivity contribution in [3.63, 3.8) is 0 Å². The number of ether oxygens (including phenoxy) is 2. The molecule has 0 atom stereocenters. The highest BCUT2D eigenvalue weighted by Gasteiger charge is 2.19. The van der Waals surface area contributed by atoms with E-state index in [2.05, 4.69) is 0 Å². The number of carboxylic acid groups (broad SMARTS) is 1. The van der Waals surface area contributed by atoms with Crippen molar-refractivity contribution in [1.82, 2.24) is 0 Å². The second-order valence-electron chi connectivity index (χ2n) is 3.84. The molecule has 1 aliphatic rings. The standard InChI is InChI=1S/C12H12O5/c1-7-4-10-11(17-6-16-10)5-8(7)9(13)2-3-12(14)15/h4-5H,2-3,6H2,1H3,(H,14,15). The monoisotopic (exact) mass is 236 g/mol. The normalized spacial score (nSPS) is 12.5. The molecule has 5 nitrogen and oxygen atoms in total. The first kappa shape index (κ1) is 11.4. The van der Waals surface area contributed by atoms with Crippen molar-refractivity contribution >= 4 is 11.8 Å². The van der Waals surface area contributed by atoms with Gasteiger partial charge in [0, 0.05) is 12.0 Å². The molecule has 0 fully saturated rings. The lowest BCUT2D eigenvalue weighted by atomic mass is 10.0. The lowest BCUT2D eigenvalue weighted by molar-refractivity contribution is -0.136. The number of fused-ring (bicyclic) bond motifs is 1. The molecule has 1 aliphatic heterocycles. The lowest BCUT2D eigenvalue weighted by Gasteiger charge is -2.05. The number of carbonyl (C=O) groups excluding carboxylic acids is 1. The van der Waals surface area contributed by atoms with Crippen LogP contribution >= 0.6 is 0 Å². The van der Waals surface area contributed by atoms with Crippen LogP contribution < -0.4 is 9.47 Å². The molecule has 90 valence electrons. The van der Waals surface area contributed by atoms with Gasteiger partial charge in [0.2, 0.25) is 6.79 Å². The van der Waals surface area contributed by atoms with Crippen LogP contribution in [-0.2, 0) is 4.79 Å². The number of rotatable bonds is 4. The van der Waals surface area contributed by atoms with Crippen molar-refractivity contribution < 1.29 is 24.2 Å². The fraction of sp³-hybridized carbons (Fsp3) is 0.333. The summed E-state index contributed by atoms with van der Waals surface area (Å²) in [6.07, 6.45) is -0.164. The van der Waals surface area contributed by atoms with E-state index in [9.17, 15) is 9.59 Å². The first-order valence-electron chi connectivity index (χ1n) is 5.23. The van der Waals surface area contributed by atoms with Crippen molar-refractivity contribution in [2.45, 2.75) is 19.8 Å². The summed E-state index contributed by atoms with van der Waals surface area (Å²) in [6.45, 7) is 1.94. The van der Waals surface area contributed by atoms with Crippen LogP contribution in [0.2, 0.25) is 0 Å². The average Bonchev–Trinajstić information content (AvgIpc) is 2.71. The smallest absolute Gasteiger partial charge is 0.303 e. The van der Waals surface area contributed by atoms with Gasteiger partial charge in [0.1, 0.15) is 0 Å². The maximum atomic E-state index is 11.8. The molecule has 0 spiro atoms. The molecule has 0 unspecified atom stereocenters. The van der Waals surface area contributed by atoms with Crippen LogP contribution in [0.25, 0.3) is 0 Å². The summed E-state index contributed by atoms with van der Waals surface area (Å²) in [6, 6.07) is 3.35. The van der Waals surface area contributed by atoms with E-state index in [0.717, 1.165) is 5.56 Å². The third-order valence-corrected chi connectivity index (χ3v) is 2.59. The van der Waals surface area contributed by atoms with Gasteiger partial charge < -0.3 is 14.6 Å². The predicted molar refractivity (Wildman–Crippen MR) is 58.5 cm³/mol. The predicted octanol–water partition coefficient (Wildman–Crippen LogP) is 1.77. The summed E-state index contributed by atoms with van der Waals surface area (Å²) >= 11 is 0. The Morgan fingerprint density at radius 3 is 2.53 bits per heavy atom. The van der Waals surface area contributed by atoms with Gasteiger partial charge in [-0.05, 0) is 24.6 Å². The van der Waals surface area contributed by atoms with E-state index in [1.54, 1.807) is 19.1 Å². The maximum absolute atomic E-state index is 11.8. The molecule has 0 aliphatic carbocycles. The zero-order chi connectivity index (χ0) is 12.4. The van der Waals surface area contributed by atoms with Gasteiger partial charge in [0.25, 0.3) is 0 Å². The summed E-state index contributed by atoms with van der Waals surface area (Å²) in [5.74, 6) is -0.00786. The Morgan fingerprint density at radius 1 is 1.24 bits per heavy atom. The molecule has 1 N–H and O–H groups in total. The van der Waals surface area contributed by atoms with Gasteiger partial charge in [-0.1, -0.05) is 0 Å². The maximum Gasteiger partial charge on any atom is 0.303 e. The summed E-state index contributed by atoms with van der Waals surface area (Å²) in [4.78, 5) is 22.2. The van der Waals surface area contributed by atoms with Crippen LogP contribution in [0, 0.1) is 6.92 Å².